The Labute approximate surface area is 141 Å². The molecule has 0 radical (unpaired) electrons. The molecule has 6 heteroatoms. The van der Waals surface area contributed by atoms with Crippen molar-refractivity contribution >= 4 is 15.7 Å². The molecule has 0 saturated carbocycles. The summed E-state index contributed by atoms with van der Waals surface area (Å²) in [5.41, 5.74) is 1.16. The molecule has 4 nitrogen and oxygen atoms in total. The van der Waals surface area contributed by atoms with Crippen LogP contribution in [0.3, 0.4) is 0 Å². The Kier molecular flexibility index (Phi) is 6.49. The van der Waals surface area contributed by atoms with Gasteiger partial charge in [0, 0.05) is 13.0 Å². The first-order valence-electron chi connectivity index (χ1n) is 7.77. The SMILES string of the molecule is O=C(CCCc1ccccc1)NCCS(=O)(=O)c1ccccc1F. The van der Waals surface area contributed by atoms with E-state index in [1.807, 2.05) is 30.3 Å². The first-order chi connectivity index (χ1) is 11.5. The van der Waals surface area contributed by atoms with Gasteiger partial charge in [0.1, 0.15) is 10.7 Å². The van der Waals surface area contributed by atoms with Crippen LogP contribution in [0.5, 0.6) is 0 Å². The van der Waals surface area contributed by atoms with E-state index >= 15 is 0 Å². The number of nitrogens with one attached hydrogen (secondary N) is 1. The van der Waals surface area contributed by atoms with Crippen molar-refractivity contribution in [2.45, 2.75) is 24.2 Å². The minimum atomic E-state index is -3.74. The fourth-order valence-electron chi connectivity index (χ4n) is 2.32. The summed E-state index contributed by atoms with van der Waals surface area (Å²) in [6, 6.07) is 15.1. The standard InChI is InChI=1S/C18H20FNO3S/c19-16-10-4-5-11-17(16)24(22,23)14-13-20-18(21)12-6-9-15-7-2-1-3-8-15/h1-5,7-8,10-11H,6,9,12-14H2,(H,20,21). The van der Waals surface area contributed by atoms with Crippen LogP contribution in [-0.2, 0) is 21.1 Å². The number of hydrogen-bond donors (Lipinski definition) is 1. The number of aryl methyl sites for hydroxylation is 1. The summed E-state index contributed by atoms with van der Waals surface area (Å²) in [7, 11) is -3.74. The summed E-state index contributed by atoms with van der Waals surface area (Å²) in [5.74, 6) is -1.29. The van der Waals surface area contributed by atoms with Crippen molar-refractivity contribution in [2.24, 2.45) is 0 Å². The zero-order chi connectivity index (χ0) is 17.4. The summed E-state index contributed by atoms with van der Waals surface area (Å²) in [6.45, 7) is -0.0269. The summed E-state index contributed by atoms with van der Waals surface area (Å²) < 4.78 is 37.6. The normalized spacial score (nSPS) is 11.2. The topological polar surface area (TPSA) is 63.2 Å². The quantitative estimate of drug-likeness (QED) is 0.797. The molecule has 0 unspecified atom stereocenters. The third-order valence-electron chi connectivity index (χ3n) is 3.58. The molecule has 0 fully saturated rings. The molecule has 0 aromatic heterocycles. The Morgan fingerprint density at radius 1 is 1.00 bits per heavy atom. The van der Waals surface area contributed by atoms with Gasteiger partial charge in [-0.2, -0.15) is 0 Å². The van der Waals surface area contributed by atoms with Crippen LogP contribution in [0.4, 0.5) is 4.39 Å². The number of halogens is 1. The predicted molar refractivity (Wildman–Crippen MR) is 90.8 cm³/mol. The van der Waals surface area contributed by atoms with Gasteiger partial charge in [-0.25, -0.2) is 12.8 Å². The van der Waals surface area contributed by atoms with E-state index in [0.717, 1.165) is 18.1 Å². The minimum absolute atomic E-state index is 0.0269. The number of carbonyl (C=O) groups excluding carboxylic acids is 1. The monoisotopic (exact) mass is 349 g/mol. The lowest BCUT2D eigenvalue weighted by atomic mass is 10.1. The van der Waals surface area contributed by atoms with E-state index in [1.54, 1.807) is 0 Å². The molecular weight excluding hydrogens is 329 g/mol. The molecule has 0 aliphatic heterocycles. The Bertz CT molecular complexity index is 776. The van der Waals surface area contributed by atoms with Gasteiger partial charge in [-0.15, -0.1) is 0 Å². The van der Waals surface area contributed by atoms with Gasteiger partial charge in [0.15, 0.2) is 9.84 Å². The van der Waals surface area contributed by atoms with Crippen LogP contribution in [-0.4, -0.2) is 26.6 Å². The van der Waals surface area contributed by atoms with Gasteiger partial charge in [0.05, 0.1) is 5.75 Å². The molecule has 0 bridgehead atoms. The molecule has 1 N–H and O–H groups in total. The zero-order valence-electron chi connectivity index (χ0n) is 13.2. The maximum Gasteiger partial charge on any atom is 0.220 e. The molecule has 128 valence electrons. The van der Waals surface area contributed by atoms with E-state index in [4.69, 9.17) is 0 Å². The average Bonchev–Trinajstić information content (AvgIpc) is 2.56. The highest BCUT2D eigenvalue weighted by molar-refractivity contribution is 7.91. The minimum Gasteiger partial charge on any atom is -0.355 e. The van der Waals surface area contributed by atoms with E-state index in [-0.39, 0.29) is 23.1 Å². The van der Waals surface area contributed by atoms with Gasteiger partial charge in [-0.3, -0.25) is 4.79 Å². The van der Waals surface area contributed by atoms with Crippen LogP contribution in [0.2, 0.25) is 0 Å². The average molecular weight is 349 g/mol. The van der Waals surface area contributed by atoms with Crippen LogP contribution >= 0.6 is 0 Å². The van der Waals surface area contributed by atoms with Crippen molar-refractivity contribution in [3.8, 4) is 0 Å². The molecule has 0 aliphatic carbocycles. The highest BCUT2D eigenvalue weighted by atomic mass is 32.2. The van der Waals surface area contributed by atoms with Crippen molar-refractivity contribution in [1.29, 1.82) is 0 Å². The Balaban J connectivity index is 1.73. The molecule has 0 atom stereocenters. The fraction of sp³-hybridized carbons (Fsp3) is 0.278. The number of amides is 1. The third kappa shape index (κ3) is 5.45. The largest absolute Gasteiger partial charge is 0.355 e. The van der Waals surface area contributed by atoms with Gasteiger partial charge in [-0.1, -0.05) is 42.5 Å². The molecule has 0 aliphatic rings. The van der Waals surface area contributed by atoms with E-state index in [0.29, 0.717) is 12.8 Å². The summed E-state index contributed by atoms with van der Waals surface area (Å²) in [5, 5.41) is 2.57. The predicted octanol–water partition coefficient (Wildman–Crippen LogP) is 2.74. The first kappa shape index (κ1) is 18.1. The van der Waals surface area contributed by atoms with Gasteiger partial charge in [-0.05, 0) is 30.5 Å². The highest BCUT2D eigenvalue weighted by Crippen LogP contribution is 2.14. The van der Waals surface area contributed by atoms with Crippen molar-refractivity contribution in [3.63, 3.8) is 0 Å². The Hall–Kier alpha value is -2.21. The van der Waals surface area contributed by atoms with Crippen molar-refractivity contribution in [1.82, 2.24) is 5.32 Å². The maximum atomic E-state index is 13.5. The molecule has 0 spiro atoms. The molecule has 0 heterocycles. The molecule has 0 saturated heterocycles. The molecule has 24 heavy (non-hydrogen) atoms. The lowest BCUT2D eigenvalue weighted by molar-refractivity contribution is -0.121. The maximum absolute atomic E-state index is 13.5. The van der Waals surface area contributed by atoms with Crippen LogP contribution < -0.4 is 5.32 Å². The van der Waals surface area contributed by atoms with E-state index < -0.39 is 15.7 Å². The summed E-state index contributed by atoms with van der Waals surface area (Å²) >= 11 is 0. The summed E-state index contributed by atoms with van der Waals surface area (Å²) in [4.78, 5) is 11.4. The number of hydrogen-bond acceptors (Lipinski definition) is 3. The van der Waals surface area contributed by atoms with E-state index in [9.17, 15) is 17.6 Å². The van der Waals surface area contributed by atoms with Crippen molar-refractivity contribution in [2.75, 3.05) is 12.3 Å². The Morgan fingerprint density at radius 2 is 1.67 bits per heavy atom. The van der Waals surface area contributed by atoms with Gasteiger partial charge >= 0.3 is 0 Å². The van der Waals surface area contributed by atoms with Crippen molar-refractivity contribution < 1.29 is 17.6 Å². The Morgan fingerprint density at radius 3 is 2.38 bits per heavy atom. The van der Waals surface area contributed by atoms with Crippen molar-refractivity contribution in [3.05, 3.63) is 66.0 Å². The second-order valence-corrected chi connectivity index (χ2v) is 7.52. The number of rotatable bonds is 8. The number of benzene rings is 2. The van der Waals surface area contributed by atoms with Gasteiger partial charge in [0.2, 0.25) is 5.91 Å². The molecule has 2 aromatic carbocycles. The molecule has 2 rings (SSSR count). The highest BCUT2D eigenvalue weighted by Gasteiger charge is 2.18. The van der Waals surface area contributed by atoms with E-state index in [2.05, 4.69) is 5.32 Å². The molecule has 1 amide bonds. The third-order valence-corrected chi connectivity index (χ3v) is 5.32. The fourth-order valence-corrected chi connectivity index (χ4v) is 3.56. The second-order valence-electron chi connectivity index (χ2n) is 5.44. The zero-order valence-corrected chi connectivity index (χ0v) is 14.1. The summed E-state index contributed by atoms with van der Waals surface area (Å²) in [6.07, 6.45) is 1.81. The lowest BCUT2D eigenvalue weighted by Gasteiger charge is -2.07. The second kappa shape index (κ2) is 8.59. The molecule has 2 aromatic rings. The molecular formula is C18H20FNO3S. The smallest absolute Gasteiger partial charge is 0.220 e. The number of sulfone groups is 1. The number of carbonyl (C=O) groups is 1. The van der Waals surface area contributed by atoms with Crippen LogP contribution in [0.15, 0.2) is 59.5 Å². The first-order valence-corrected chi connectivity index (χ1v) is 9.42. The van der Waals surface area contributed by atoms with Crippen LogP contribution in [0.1, 0.15) is 18.4 Å². The van der Waals surface area contributed by atoms with Gasteiger partial charge in [0.25, 0.3) is 0 Å². The van der Waals surface area contributed by atoms with Crippen LogP contribution in [0.25, 0.3) is 0 Å². The lowest BCUT2D eigenvalue weighted by Crippen LogP contribution is -2.29. The van der Waals surface area contributed by atoms with Gasteiger partial charge < -0.3 is 5.32 Å². The van der Waals surface area contributed by atoms with Crippen LogP contribution in [0, 0.1) is 5.82 Å². The van der Waals surface area contributed by atoms with E-state index in [1.165, 1.54) is 18.2 Å².